The van der Waals surface area contributed by atoms with E-state index in [4.69, 9.17) is 4.42 Å². The molecule has 0 bridgehead atoms. The highest BCUT2D eigenvalue weighted by Crippen LogP contribution is 2.22. The summed E-state index contributed by atoms with van der Waals surface area (Å²) < 4.78 is 4.99. The third kappa shape index (κ3) is 4.22. The fourth-order valence-electron chi connectivity index (χ4n) is 3.54. The Bertz CT molecular complexity index is 982. The summed E-state index contributed by atoms with van der Waals surface area (Å²) in [6, 6.07) is 13.5. The van der Waals surface area contributed by atoms with Crippen molar-refractivity contribution in [3.8, 4) is 0 Å². The minimum atomic E-state index is -0.465. The number of nitrogens with zero attached hydrogens (tertiary/aromatic N) is 1. The highest BCUT2D eigenvalue weighted by atomic mass is 16.4. The number of carbonyl (C=O) groups is 1. The number of aryl methyl sites for hydroxylation is 1. The summed E-state index contributed by atoms with van der Waals surface area (Å²) in [6.07, 6.45) is 4.78. The Labute approximate surface area is 157 Å². The molecular weight excluding hydrogens is 342 g/mol. The van der Waals surface area contributed by atoms with E-state index in [-0.39, 0.29) is 5.91 Å². The number of fused-ring (bicyclic) bond motifs is 1. The number of benzene rings is 2. The molecular formula is C21H23N3O3. The molecule has 1 aromatic heterocycles. The number of H-pyrrole nitrogens is 1. The summed E-state index contributed by atoms with van der Waals surface area (Å²) in [6.45, 7) is 2.22. The molecule has 6 heteroatoms. The standard InChI is InChI=1S/C21H23N3O3/c25-20(11-5-15-4-10-19-18(14-15)23-21(26)27-19)22-16-6-8-17(9-7-16)24-12-2-1-3-13-24/h4,6-10,14H,1-3,5,11-13H2,(H,22,25)(H,23,26). The number of rotatable bonds is 5. The van der Waals surface area contributed by atoms with Crippen LogP contribution in [0.1, 0.15) is 31.2 Å². The molecule has 0 unspecified atom stereocenters. The van der Waals surface area contributed by atoms with Crippen LogP contribution in [-0.4, -0.2) is 24.0 Å². The first kappa shape index (κ1) is 17.4. The number of carbonyl (C=O) groups excluding carboxylic acids is 1. The van der Waals surface area contributed by atoms with Crippen LogP contribution in [0.5, 0.6) is 0 Å². The maximum Gasteiger partial charge on any atom is 0.417 e. The Morgan fingerprint density at radius 1 is 1.07 bits per heavy atom. The van der Waals surface area contributed by atoms with Crippen LogP contribution >= 0.6 is 0 Å². The highest BCUT2D eigenvalue weighted by molar-refractivity contribution is 5.91. The largest absolute Gasteiger partial charge is 0.417 e. The number of hydrogen-bond donors (Lipinski definition) is 2. The maximum atomic E-state index is 12.2. The zero-order valence-corrected chi connectivity index (χ0v) is 15.2. The predicted octanol–water partition coefficient (Wildman–Crippen LogP) is 3.68. The summed E-state index contributed by atoms with van der Waals surface area (Å²) in [5.41, 5.74) is 4.20. The molecule has 0 aliphatic carbocycles. The van der Waals surface area contributed by atoms with Crippen LogP contribution in [0.4, 0.5) is 11.4 Å². The number of anilines is 2. The normalized spacial score (nSPS) is 14.4. The fraction of sp³-hybridized carbons (Fsp3) is 0.333. The lowest BCUT2D eigenvalue weighted by Gasteiger charge is -2.28. The summed E-state index contributed by atoms with van der Waals surface area (Å²) in [5, 5.41) is 2.95. The molecule has 1 aliphatic heterocycles. The minimum Gasteiger partial charge on any atom is -0.408 e. The molecule has 0 saturated carbocycles. The van der Waals surface area contributed by atoms with Gasteiger partial charge >= 0.3 is 5.76 Å². The fourth-order valence-corrected chi connectivity index (χ4v) is 3.54. The van der Waals surface area contributed by atoms with E-state index in [2.05, 4.69) is 27.3 Å². The monoisotopic (exact) mass is 365 g/mol. The van der Waals surface area contributed by atoms with E-state index in [1.54, 1.807) is 6.07 Å². The second kappa shape index (κ2) is 7.70. The number of aromatic amines is 1. The lowest BCUT2D eigenvalue weighted by molar-refractivity contribution is -0.116. The van der Waals surface area contributed by atoms with Crippen molar-refractivity contribution in [3.05, 3.63) is 58.6 Å². The van der Waals surface area contributed by atoms with Crippen LogP contribution < -0.4 is 16.0 Å². The van der Waals surface area contributed by atoms with Crippen molar-refractivity contribution in [3.63, 3.8) is 0 Å². The van der Waals surface area contributed by atoms with Crippen LogP contribution in [0.15, 0.2) is 51.7 Å². The second-order valence-corrected chi connectivity index (χ2v) is 6.99. The van der Waals surface area contributed by atoms with Crippen molar-refractivity contribution in [2.75, 3.05) is 23.3 Å². The van der Waals surface area contributed by atoms with Gasteiger partial charge in [0.05, 0.1) is 5.52 Å². The van der Waals surface area contributed by atoms with Gasteiger partial charge in [-0.05, 0) is 67.6 Å². The Hall–Kier alpha value is -3.02. The third-order valence-electron chi connectivity index (χ3n) is 5.00. The smallest absolute Gasteiger partial charge is 0.408 e. The number of piperidine rings is 1. The first-order valence-corrected chi connectivity index (χ1v) is 9.44. The molecule has 2 aromatic carbocycles. The van der Waals surface area contributed by atoms with Gasteiger partial charge in [0.1, 0.15) is 0 Å². The van der Waals surface area contributed by atoms with E-state index in [9.17, 15) is 9.59 Å². The van der Waals surface area contributed by atoms with Gasteiger partial charge in [-0.1, -0.05) is 6.07 Å². The number of hydrogen-bond acceptors (Lipinski definition) is 4. The lowest BCUT2D eigenvalue weighted by Crippen LogP contribution is -2.29. The van der Waals surface area contributed by atoms with E-state index in [0.29, 0.717) is 23.9 Å². The number of nitrogens with one attached hydrogen (secondary N) is 2. The molecule has 6 nitrogen and oxygen atoms in total. The van der Waals surface area contributed by atoms with Gasteiger partial charge in [-0.25, -0.2) is 4.79 Å². The molecule has 2 N–H and O–H groups in total. The third-order valence-corrected chi connectivity index (χ3v) is 5.00. The molecule has 4 rings (SSSR count). The average molecular weight is 365 g/mol. The zero-order chi connectivity index (χ0) is 18.6. The van der Waals surface area contributed by atoms with Gasteiger partial charge in [-0.2, -0.15) is 0 Å². The lowest BCUT2D eigenvalue weighted by atomic mass is 10.1. The summed E-state index contributed by atoms with van der Waals surface area (Å²) in [5.74, 6) is -0.491. The first-order chi connectivity index (χ1) is 13.2. The van der Waals surface area contributed by atoms with Gasteiger partial charge in [-0.15, -0.1) is 0 Å². The van der Waals surface area contributed by atoms with Gasteiger partial charge in [0.2, 0.25) is 5.91 Å². The summed E-state index contributed by atoms with van der Waals surface area (Å²) in [4.78, 5) is 28.5. The van der Waals surface area contributed by atoms with Gasteiger partial charge in [-0.3, -0.25) is 9.78 Å². The van der Waals surface area contributed by atoms with E-state index in [1.807, 2.05) is 24.3 Å². The van der Waals surface area contributed by atoms with E-state index >= 15 is 0 Å². The summed E-state index contributed by atoms with van der Waals surface area (Å²) in [7, 11) is 0. The molecule has 0 atom stereocenters. The van der Waals surface area contributed by atoms with Crippen LogP contribution in [0.25, 0.3) is 11.1 Å². The molecule has 1 saturated heterocycles. The van der Waals surface area contributed by atoms with Gasteiger partial charge in [0.15, 0.2) is 5.58 Å². The summed E-state index contributed by atoms with van der Waals surface area (Å²) >= 11 is 0. The van der Waals surface area contributed by atoms with Crippen LogP contribution in [0.2, 0.25) is 0 Å². The van der Waals surface area contributed by atoms with E-state index in [0.717, 1.165) is 24.3 Å². The molecule has 0 radical (unpaired) electrons. The topological polar surface area (TPSA) is 78.3 Å². The van der Waals surface area contributed by atoms with Crippen molar-refractivity contribution in [1.29, 1.82) is 0 Å². The molecule has 2 heterocycles. The van der Waals surface area contributed by atoms with Crippen molar-refractivity contribution in [2.24, 2.45) is 0 Å². The predicted molar refractivity (Wildman–Crippen MR) is 106 cm³/mol. The van der Waals surface area contributed by atoms with E-state index in [1.165, 1.54) is 24.9 Å². The molecule has 3 aromatic rings. The van der Waals surface area contributed by atoms with Gasteiger partial charge in [0, 0.05) is 30.9 Å². The van der Waals surface area contributed by atoms with Crippen LogP contribution in [0.3, 0.4) is 0 Å². The van der Waals surface area contributed by atoms with Gasteiger partial charge in [0.25, 0.3) is 0 Å². The van der Waals surface area contributed by atoms with Crippen molar-refractivity contribution in [1.82, 2.24) is 4.98 Å². The Morgan fingerprint density at radius 2 is 1.85 bits per heavy atom. The number of oxazole rings is 1. The Kier molecular flexibility index (Phi) is 4.96. The molecule has 1 aliphatic rings. The van der Waals surface area contributed by atoms with Crippen LogP contribution in [-0.2, 0) is 11.2 Å². The van der Waals surface area contributed by atoms with Crippen LogP contribution in [0, 0.1) is 0 Å². The zero-order valence-electron chi connectivity index (χ0n) is 15.2. The van der Waals surface area contributed by atoms with Gasteiger partial charge < -0.3 is 14.6 Å². The van der Waals surface area contributed by atoms with Crippen molar-refractivity contribution >= 4 is 28.4 Å². The quantitative estimate of drug-likeness (QED) is 0.723. The molecule has 1 amide bonds. The molecule has 27 heavy (non-hydrogen) atoms. The second-order valence-electron chi connectivity index (χ2n) is 6.99. The van der Waals surface area contributed by atoms with E-state index < -0.39 is 5.76 Å². The highest BCUT2D eigenvalue weighted by Gasteiger charge is 2.11. The Morgan fingerprint density at radius 3 is 2.63 bits per heavy atom. The molecule has 0 spiro atoms. The van der Waals surface area contributed by atoms with Crippen molar-refractivity contribution in [2.45, 2.75) is 32.1 Å². The molecule has 1 fully saturated rings. The van der Waals surface area contributed by atoms with Crippen molar-refractivity contribution < 1.29 is 9.21 Å². The minimum absolute atomic E-state index is 0.0264. The average Bonchev–Trinajstić information content (AvgIpc) is 3.07. The number of aromatic nitrogens is 1. The SMILES string of the molecule is O=C(CCc1ccc2oc(=O)[nH]c2c1)Nc1ccc(N2CCCCC2)cc1. The Balaban J connectivity index is 1.32. The molecule has 140 valence electrons. The maximum absolute atomic E-state index is 12.2. The first-order valence-electron chi connectivity index (χ1n) is 9.44. The number of amides is 1.